The topological polar surface area (TPSA) is 73.7 Å². The monoisotopic (exact) mass is 445 g/mol. The number of hydrogen-bond acceptors (Lipinski definition) is 5. The van der Waals surface area contributed by atoms with Crippen LogP contribution in [-0.4, -0.2) is 30.6 Å². The van der Waals surface area contributed by atoms with Crippen molar-refractivity contribution in [3.05, 3.63) is 71.1 Å². The van der Waals surface area contributed by atoms with E-state index in [0.717, 1.165) is 29.9 Å². The molecule has 0 saturated heterocycles. The molecule has 170 valence electrons. The molecular formula is C25H36ClN3O2. The third-order valence-corrected chi connectivity index (χ3v) is 5.47. The Bertz CT molecular complexity index is 846. The molecule has 0 aromatic heterocycles. The second-order valence-electron chi connectivity index (χ2n) is 8.33. The van der Waals surface area contributed by atoms with Crippen molar-refractivity contribution in [2.45, 2.75) is 46.0 Å². The molecule has 0 aliphatic rings. The van der Waals surface area contributed by atoms with Gasteiger partial charge in [-0.25, -0.2) is 5.84 Å². The summed E-state index contributed by atoms with van der Waals surface area (Å²) in [5, 5.41) is 1.58. The van der Waals surface area contributed by atoms with E-state index >= 15 is 0 Å². The van der Waals surface area contributed by atoms with E-state index in [0.29, 0.717) is 31.3 Å². The van der Waals surface area contributed by atoms with Gasteiger partial charge in [-0.1, -0.05) is 38.1 Å². The van der Waals surface area contributed by atoms with Crippen molar-refractivity contribution >= 4 is 11.6 Å². The number of nitrogens with two attached hydrogens (primary N) is 2. The molecule has 2 rings (SSSR count). The van der Waals surface area contributed by atoms with E-state index in [1.165, 1.54) is 11.1 Å². The van der Waals surface area contributed by atoms with Crippen LogP contribution in [0.15, 0.2) is 54.4 Å². The summed E-state index contributed by atoms with van der Waals surface area (Å²) in [7, 11) is 0. The Morgan fingerprint density at radius 1 is 1.03 bits per heavy atom. The first-order valence-electron chi connectivity index (χ1n) is 10.7. The Kier molecular flexibility index (Phi) is 9.53. The molecule has 0 amide bonds. The molecule has 0 fully saturated rings. The van der Waals surface area contributed by atoms with Gasteiger partial charge in [0.2, 0.25) is 0 Å². The fourth-order valence-electron chi connectivity index (χ4n) is 3.33. The predicted molar refractivity (Wildman–Crippen MR) is 130 cm³/mol. The van der Waals surface area contributed by atoms with Crippen LogP contribution in [-0.2, 0) is 5.41 Å². The van der Waals surface area contributed by atoms with Crippen LogP contribution >= 0.6 is 11.6 Å². The molecule has 0 unspecified atom stereocenters. The first kappa shape index (κ1) is 24.9. The summed E-state index contributed by atoms with van der Waals surface area (Å²) < 4.78 is 11.7. The van der Waals surface area contributed by atoms with Crippen molar-refractivity contribution in [2.75, 3.05) is 25.6 Å². The molecule has 0 saturated carbocycles. The summed E-state index contributed by atoms with van der Waals surface area (Å²) in [4.78, 5) is 0. The molecule has 2 aromatic carbocycles. The number of hydrogen-bond donors (Lipinski definition) is 2. The van der Waals surface area contributed by atoms with Gasteiger partial charge in [0, 0.05) is 36.2 Å². The fraction of sp³-hybridized carbons (Fsp3) is 0.440. The summed E-state index contributed by atoms with van der Waals surface area (Å²) >= 11 is 5.73. The summed E-state index contributed by atoms with van der Waals surface area (Å²) in [5.74, 6) is 8.22. The van der Waals surface area contributed by atoms with Gasteiger partial charge in [-0.05, 0) is 55.2 Å². The van der Waals surface area contributed by atoms with Crippen molar-refractivity contribution in [1.29, 1.82) is 0 Å². The number of nitrogens with zero attached hydrogens (tertiary/aromatic N) is 1. The van der Waals surface area contributed by atoms with Gasteiger partial charge in [-0.2, -0.15) is 0 Å². The highest BCUT2D eigenvalue weighted by molar-refractivity contribution is 6.17. The number of aryl methyl sites for hydroxylation is 1. The maximum absolute atomic E-state index is 5.86. The third-order valence-electron chi connectivity index (χ3n) is 5.21. The lowest BCUT2D eigenvalue weighted by molar-refractivity contribution is 0.278. The molecule has 0 atom stereocenters. The van der Waals surface area contributed by atoms with E-state index in [4.69, 9.17) is 32.7 Å². The molecule has 0 heterocycles. The average Bonchev–Trinajstić information content (AvgIpc) is 2.72. The Morgan fingerprint density at radius 2 is 1.68 bits per heavy atom. The van der Waals surface area contributed by atoms with Gasteiger partial charge in [0.1, 0.15) is 11.5 Å². The molecular weight excluding hydrogens is 410 g/mol. The normalized spacial score (nSPS) is 12.0. The van der Waals surface area contributed by atoms with Gasteiger partial charge in [0.05, 0.1) is 13.2 Å². The number of benzene rings is 2. The Labute approximate surface area is 191 Å². The summed E-state index contributed by atoms with van der Waals surface area (Å²) in [6, 6.07) is 14.7. The van der Waals surface area contributed by atoms with Crippen molar-refractivity contribution in [1.82, 2.24) is 5.01 Å². The standard InChI is InChI=1S/C25H36ClN3O2/c1-19-17-22(9-12-24(19)31-15-5-13-26)25(3,4)21-7-10-23(11-8-21)30-16-6-14-29(28)18-20(2)27/h7-12,17-18H,5-6,13-16,27-28H2,1-4H3/b20-18-. The highest BCUT2D eigenvalue weighted by atomic mass is 35.5. The molecule has 0 bridgehead atoms. The van der Waals surface area contributed by atoms with Gasteiger partial charge in [0.25, 0.3) is 0 Å². The first-order chi connectivity index (χ1) is 14.7. The van der Waals surface area contributed by atoms with Crippen LogP contribution in [0.5, 0.6) is 11.5 Å². The van der Waals surface area contributed by atoms with Gasteiger partial charge in [-0.15, -0.1) is 11.6 Å². The first-order valence-corrected chi connectivity index (χ1v) is 11.3. The molecule has 0 aliphatic carbocycles. The minimum Gasteiger partial charge on any atom is -0.494 e. The van der Waals surface area contributed by atoms with Gasteiger partial charge in [0.15, 0.2) is 0 Å². The summed E-state index contributed by atoms with van der Waals surface area (Å²) in [6.45, 7) is 10.3. The van der Waals surface area contributed by atoms with Crippen LogP contribution < -0.4 is 21.1 Å². The Morgan fingerprint density at radius 3 is 2.29 bits per heavy atom. The SMILES string of the molecule is C/C(N)=C/N(N)CCCOc1ccc(C(C)(C)c2ccc(OCCCCl)c(C)c2)cc1. The van der Waals surface area contributed by atoms with E-state index in [1.807, 2.05) is 19.1 Å². The van der Waals surface area contributed by atoms with Crippen molar-refractivity contribution in [3.8, 4) is 11.5 Å². The largest absolute Gasteiger partial charge is 0.494 e. The van der Waals surface area contributed by atoms with E-state index in [-0.39, 0.29) is 5.41 Å². The van der Waals surface area contributed by atoms with E-state index in [2.05, 4.69) is 51.1 Å². The van der Waals surface area contributed by atoms with Gasteiger partial charge >= 0.3 is 0 Å². The number of ether oxygens (including phenoxy) is 2. The van der Waals surface area contributed by atoms with E-state index in [9.17, 15) is 0 Å². The maximum Gasteiger partial charge on any atom is 0.122 e. The van der Waals surface area contributed by atoms with Crippen LogP contribution in [0.3, 0.4) is 0 Å². The van der Waals surface area contributed by atoms with Crippen molar-refractivity contribution in [2.24, 2.45) is 11.6 Å². The number of allylic oxidation sites excluding steroid dienone is 1. The smallest absolute Gasteiger partial charge is 0.122 e. The number of hydrazine groups is 1. The second kappa shape index (κ2) is 11.9. The molecule has 2 aromatic rings. The van der Waals surface area contributed by atoms with Gasteiger partial charge < -0.3 is 20.2 Å². The fourth-order valence-corrected chi connectivity index (χ4v) is 3.44. The zero-order valence-electron chi connectivity index (χ0n) is 19.2. The van der Waals surface area contributed by atoms with Crippen LogP contribution in [0.4, 0.5) is 0 Å². The minimum absolute atomic E-state index is 0.134. The summed E-state index contributed by atoms with van der Waals surface area (Å²) in [5.41, 5.74) is 9.78. The second-order valence-corrected chi connectivity index (χ2v) is 8.71. The molecule has 31 heavy (non-hydrogen) atoms. The molecule has 0 aliphatic heterocycles. The van der Waals surface area contributed by atoms with Gasteiger partial charge in [-0.3, -0.25) is 0 Å². The molecule has 4 N–H and O–H groups in total. The van der Waals surface area contributed by atoms with E-state index in [1.54, 1.807) is 11.2 Å². The molecule has 6 heteroatoms. The number of rotatable bonds is 12. The van der Waals surface area contributed by atoms with E-state index < -0.39 is 0 Å². The highest BCUT2D eigenvalue weighted by Crippen LogP contribution is 2.34. The predicted octanol–water partition coefficient (Wildman–Crippen LogP) is 5.09. The van der Waals surface area contributed by atoms with Crippen LogP contribution in [0, 0.1) is 6.92 Å². The third kappa shape index (κ3) is 7.67. The zero-order chi connectivity index (χ0) is 22.9. The quantitative estimate of drug-likeness (QED) is 0.206. The highest BCUT2D eigenvalue weighted by Gasteiger charge is 2.24. The van der Waals surface area contributed by atoms with Crippen LogP contribution in [0.1, 0.15) is 50.3 Å². The average molecular weight is 446 g/mol. The maximum atomic E-state index is 5.86. The molecule has 0 radical (unpaired) electrons. The van der Waals surface area contributed by atoms with Crippen LogP contribution in [0.2, 0.25) is 0 Å². The van der Waals surface area contributed by atoms with Crippen LogP contribution in [0.25, 0.3) is 0 Å². The van der Waals surface area contributed by atoms with Crippen molar-refractivity contribution < 1.29 is 9.47 Å². The summed E-state index contributed by atoms with van der Waals surface area (Å²) in [6.07, 6.45) is 3.38. The number of alkyl halides is 1. The lowest BCUT2D eigenvalue weighted by atomic mass is 9.77. The molecule has 0 spiro atoms. The number of halogens is 1. The zero-order valence-corrected chi connectivity index (χ0v) is 19.9. The lowest BCUT2D eigenvalue weighted by Crippen LogP contribution is -2.28. The Balaban J connectivity index is 1.96. The Hall–Kier alpha value is -2.37. The molecule has 5 nitrogen and oxygen atoms in total. The lowest BCUT2D eigenvalue weighted by Gasteiger charge is -2.27. The minimum atomic E-state index is -0.134. The van der Waals surface area contributed by atoms with Crippen molar-refractivity contribution in [3.63, 3.8) is 0 Å².